The summed E-state index contributed by atoms with van der Waals surface area (Å²) in [5.41, 5.74) is 2.03. The average Bonchev–Trinajstić information content (AvgIpc) is 3.53. The van der Waals surface area contributed by atoms with E-state index in [0.29, 0.717) is 6.04 Å². The van der Waals surface area contributed by atoms with Crippen molar-refractivity contribution in [2.45, 2.75) is 25.8 Å². The first-order valence-electron chi connectivity index (χ1n) is 10.8. The minimum absolute atomic E-state index is 0.698. The van der Waals surface area contributed by atoms with E-state index in [1.54, 1.807) is 22.7 Å². The molecule has 0 unspecified atom stereocenters. The van der Waals surface area contributed by atoms with Crippen LogP contribution in [0.4, 0.5) is 5.95 Å². The van der Waals surface area contributed by atoms with Crippen molar-refractivity contribution in [3.63, 3.8) is 0 Å². The topological polar surface area (TPSA) is 48.4 Å². The predicted octanol–water partition coefficient (Wildman–Crippen LogP) is 3.93. The number of aromatic nitrogens is 3. The molecule has 30 heavy (non-hydrogen) atoms. The van der Waals surface area contributed by atoms with Gasteiger partial charge in [0.25, 0.3) is 0 Å². The molecule has 2 aliphatic rings. The van der Waals surface area contributed by atoms with Crippen LogP contribution in [0.15, 0.2) is 35.3 Å². The van der Waals surface area contributed by atoms with Crippen LogP contribution in [0, 0.1) is 0 Å². The van der Waals surface area contributed by atoms with Gasteiger partial charge in [0.05, 0.1) is 0 Å². The Morgan fingerprint density at radius 3 is 2.50 bits per heavy atom. The summed E-state index contributed by atoms with van der Waals surface area (Å²) >= 11 is 3.36. The third-order valence-electron chi connectivity index (χ3n) is 6.32. The smallest absolute Gasteiger partial charge is 0.225 e. The maximum atomic E-state index is 5.00. The molecule has 0 amide bonds. The summed E-state index contributed by atoms with van der Waals surface area (Å²) in [6.45, 7) is 10.3. The van der Waals surface area contributed by atoms with Crippen molar-refractivity contribution < 1.29 is 0 Å². The zero-order valence-corrected chi connectivity index (χ0v) is 19.0. The fourth-order valence-corrected chi connectivity index (χ4v) is 5.89. The zero-order valence-electron chi connectivity index (χ0n) is 17.4. The summed E-state index contributed by atoms with van der Waals surface area (Å²) in [5.74, 6) is 0.842. The molecule has 6 nitrogen and oxygen atoms in total. The number of piperidine rings is 1. The third kappa shape index (κ3) is 4.14. The molecule has 0 N–H and O–H groups in total. The van der Waals surface area contributed by atoms with E-state index in [0.717, 1.165) is 35.3 Å². The van der Waals surface area contributed by atoms with E-state index >= 15 is 0 Å². The predicted molar refractivity (Wildman–Crippen MR) is 125 cm³/mol. The molecule has 0 bridgehead atoms. The van der Waals surface area contributed by atoms with Gasteiger partial charge in [0.15, 0.2) is 0 Å². The van der Waals surface area contributed by atoms with Crippen LogP contribution in [0.3, 0.4) is 0 Å². The molecule has 2 aliphatic heterocycles. The van der Waals surface area contributed by atoms with Crippen LogP contribution in [0.2, 0.25) is 0 Å². The summed E-state index contributed by atoms with van der Waals surface area (Å²) in [5, 5.41) is 5.07. The van der Waals surface area contributed by atoms with Gasteiger partial charge in [0.1, 0.15) is 10.7 Å². The lowest BCUT2D eigenvalue weighted by molar-refractivity contribution is 0.0877. The number of thiazole rings is 1. The molecular formula is C22H28N6S2. The van der Waals surface area contributed by atoms with Gasteiger partial charge in [0.2, 0.25) is 5.95 Å². The highest BCUT2D eigenvalue weighted by atomic mass is 32.1. The van der Waals surface area contributed by atoms with Crippen molar-refractivity contribution in [1.82, 2.24) is 24.8 Å². The SMILES string of the molecule is CCN1CCN(C2CCN(c3ncc(-c4cccs4)c(-c4nccs4)n3)CC2)CC1. The lowest BCUT2D eigenvalue weighted by Crippen LogP contribution is -2.53. The first-order valence-corrected chi connectivity index (χ1v) is 12.6. The minimum Gasteiger partial charge on any atom is -0.341 e. The highest BCUT2D eigenvalue weighted by Crippen LogP contribution is 2.35. The number of anilines is 1. The first kappa shape index (κ1) is 20.1. The lowest BCUT2D eigenvalue weighted by atomic mass is 10.0. The normalized spacial score (nSPS) is 19.4. The van der Waals surface area contributed by atoms with E-state index in [1.165, 1.54) is 50.4 Å². The summed E-state index contributed by atoms with van der Waals surface area (Å²) < 4.78 is 0. The number of thiophene rings is 1. The molecule has 0 saturated carbocycles. The molecular weight excluding hydrogens is 412 g/mol. The number of likely N-dealkylation sites (N-methyl/N-ethyl adjacent to an activating group) is 1. The monoisotopic (exact) mass is 440 g/mol. The number of hydrogen-bond donors (Lipinski definition) is 0. The fraction of sp³-hybridized carbons (Fsp3) is 0.500. The maximum Gasteiger partial charge on any atom is 0.225 e. The van der Waals surface area contributed by atoms with Gasteiger partial charge in [-0.05, 0) is 30.8 Å². The lowest BCUT2D eigenvalue weighted by Gasteiger charge is -2.42. The molecule has 0 aromatic carbocycles. The van der Waals surface area contributed by atoms with Gasteiger partial charge in [-0.15, -0.1) is 22.7 Å². The number of nitrogens with zero attached hydrogens (tertiary/aromatic N) is 6. The average molecular weight is 441 g/mol. The molecule has 0 aliphatic carbocycles. The zero-order chi connectivity index (χ0) is 20.3. The molecule has 3 aromatic heterocycles. The van der Waals surface area contributed by atoms with Crippen molar-refractivity contribution in [3.05, 3.63) is 35.3 Å². The van der Waals surface area contributed by atoms with E-state index in [-0.39, 0.29) is 0 Å². The fourth-order valence-electron chi connectivity index (χ4n) is 4.52. The highest BCUT2D eigenvalue weighted by molar-refractivity contribution is 7.14. The Balaban J connectivity index is 1.30. The van der Waals surface area contributed by atoms with Crippen LogP contribution >= 0.6 is 22.7 Å². The largest absolute Gasteiger partial charge is 0.341 e. The van der Waals surface area contributed by atoms with Crippen molar-refractivity contribution in [2.24, 2.45) is 0 Å². The molecule has 2 saturated heterocycles. The quantitative estimate of drug-likeness (QED) is 0.599. The molecule has 0 atom stereocenters. The van der Waals surface area contributed by atoms with E-state index in [1.807, 2.05) is 17.8 Å². The Bertz CT molecular complexity index is 927. The summed E-state index contributed by atoms with van der Waals surface area (Å²) in [6, 6.07) is 4.90. The molecule has 2 fully saturated rings. The molecule has 3 aromatic rings. The molecule has 5 heterocycles. The van der Waals surface area contributed by atoms with E-state index in [2.05, 4.69) is 44.1 Å². The van der Waals surface area contributed by atoms with Gasteiger partial charge in [-0.1, -0.05) is 13.0 Å². The number of rotatable bonds is 5. The van der Waals surface area contributed by atoms with Gasteiger partial charge in [0, 0.05) is 73.5 Å². The van der Waals surface area contributed by atoms with Crippen LogP contribution in [-0.2, 0) is 0 Å². The van der Waals surface area contributed by atoms with Gasteiger partial charge in [-0.3, -0.25) is 4.90 Å². The van der Waals surface area contributed by atoms with Gasteiger partial charge in [-0.25, -0.2) is 15.0 Å². The maximum absolute atomic E-state index is 5.00. The van der Waals surface area contributed by atoms with Crippen LogP contribution in [0.5, 0.6) is 0 Å². The standard InChI is InChI=1S/C22H28N6S2/c1-2-26-10-12-27(13-11-26)17-5-8-28(9-6-17)22-24-16-18(19-4-3-14-29-19)20(25-22)21-23-7-15-30-21/h3-4,7,14-17H,2,5-6,8-13H2,1H3. The second-order valence-electron chi connectivity index (χ2n) is 7.94. The Kier molecular flexibility index (Phi) is 6.08. The van der Waals surface area contributed by atoms with E-state index < -0.39 is 0 Å². The number of hydrogen-bond acceptors (Lipinski definition) is 8. The number of piperazine rings is 1. The van der Waals surface area contributed by atoms with Crippen LogP contribution in [0.25, 0.3) is 21.1 Å². The van der Waals surface area contributed by atoms with Gasteiger partial charge >= 0.3 is 0 Å². The van der Waals surface area contributed by atoms with Crippen molar-refractivity contribution in [3.8, 4) is 21.1 Å². The van der Waals surface area contributed by atoms with E-state index in [4.69, 9.17) is 9.97 Å². The molecule has 158 valence electrons. The van der Waals surface area contributed by atoms with Crippen LogP contribution < -0.4 is 4.90 Å². The van der Waals surface area contributed by atoms with Crippen molar-refractivity contribution >= 4 is 28.6 Å². The molecule has 0 spiro atoms. The Hall–Kier alpha value is -1.87. The second-order valence-corrected chi connectivity index (χ2v) is 9.78. The van der Waals surface area contributed by atoms with Gasteiger partial charge < -0.3 is 9.80 Å². The van der Waals surface area contributed by atoms with Crippen LogP contribution in [-0.4, -0.2) is 76.6 Å². The summed E-state index contributed by atoms with van der Waals surface area (Å²) in [4.78, 5) is 23.1. The summed E-state index contributed by atoms with van der Waals surface area (Å²) in [6.07, 6.45) is 6.22. The second kappa shape index (κ2) is 9.09. The first-order chi connectivity index (χ1) is 14.8. The third-order valence-corrected chi connectivity index (χ3v) is 8.00. The molecule has 5 rings (SSSR count). The molecule has 0 radical (unpaired) electrons. The summed E-state index contributed by atoms with van der Waals surface area (Å²) in [7, 11) is 0. The Morgan fingerprint density at radius 1 is 1.00 bits per heavy atom. The van der Waals surface area contributed by atoms with Crippen molar-refractivity contribution in [2.75, 3.05) is 50.7 Å². The highest BCUT2D eigenvalue weighted by Gasteiger charge is 2.28. The Morgan fingerprint density at radius 2 is 1.83 bits per heavy atom. The van der Waals surface area contributed by atoms with Crippen LogP contribution in [0.1, 0.15) is 19.8 Å². The van der Waals surface area contributed by atoms with E-state index in [9.17, 15) is 0 Å². The molecule has 8 heteroatoms. The van der Waals surface area contributed by atoms with Crippen molar-refractivity contribution in [1.29, 1.82) is 0 Å². The minimum atomic E-state index is 0.698. The Labute approximate surface area is 186 Å². The van der Waals surface area contributed by atoms with Gasteiger partial charge in [-0.2, -0.15) is 0 Å².